The molecule has 0 bridgehead atoms. The molecule has 0 atom stereocenters. The van der Waals surface area contributed by atoms with Crippen molar-refractivity contribution < 1.29 is 10.0 Å². The molecule has 0 saturated carbocycles. The summed E-state index contributed by atoms with van der Waals surface area (Å²) in [7, 11) is -1.44. The Labute approximate surface area is 99.9 Å². The maximum absolute atomic E-state index is 8.98. The van der Waals surface area contributed by atoms with Gasteiger partial charge in [-0.05, 0) is 16.6 Å². The summed E-state index contributed by atoms with van der Waals surface area (Å²) in [6.45, 7) is 6.86. The van der Waals surface area contributed by atoms with Gasteiger partial charge in [0, 0.05) is 0 Å². The van der Waals surface area contributed by atoms with Crippen molar-refractivity contribution in [2.24, 2.45) is 0 Å². The number of hydrogen-bond donors (Lipinski definition) is 2. The first-order valence-corrected chi connectivity index (χ1v) is 5.15. The third-order valence-corrected chi connectivity index (χ3v) is 2.54. The zero-order valence-electron chi connectivity index (χ0n) is 9.04. The molecule has 4 heteroatoms. The van der Waals surface area contributed by atoms with Gasteiger partial charge in [0.05, 0.1) is 6.57 Å². The standard InChI is InChI=1S/C13H10BNO2/c1-15-13-8-4-11(5-9-13)10-2-6-12(7-3-10)14(16)17/h2-9,16-17H. The van der Waals surface area contributed by atoms with Gasteiger partial charge in [-0.1, -0.05) is 48.5 Å². The zero-order valence-corrected chi connectivity index (χ0v) is 9.04. The second kappa shape index (κ2) is 4.83. The SMILES string of the molecule is [C-]#[N+]c1ccc(-c2ccc(B(O)O)cc2)cc1. The highest BCUT2D eigenvalue weighted by molar-refractivity contribution is 6.58. The Balaban J connectivity index is 2.30. The van der Waals surface area contributed by atoms with Crippen molar-refractivity contribution in [3.05, 3.63) is 59.9 Å². The topological polar surface area (TPSA) is 44.8 Å². The summed E-state index contributed by atoms with van der Waals surface area (Å²) in [5, 5.41) is 18.0. The van der Waals surface area contributed by atoms with Gasteiger partial charge in [0.1, 0.15) is 0 Å². The number of benzene rings is 2. The molecule has 0 spiro atoms. The maximum atomic E-state index is 8.98. The lowest BCUT2D eigenvalue weighted by atomic mass is 9.80. The van der Waals surface area contributed by atoms with Crippen LogP contribution in [0.3, 0.4) is 0 Å². The van der Waals surface area contributed by atoms with Crippen molar-refractivity contribution >= 4 is 18.3 Å². The fourth-order valence-electron chi connectivity index (χ4n) is 1.58. The van der Waals surface area contributed by atoms with E-state index in [1.54, 1.807) is 24.3 Å². The van der Waals surface area contributed by atoms with E-state index in [1.165, 1.54) is 0 Å². The maximum Gasteiger partial charge on any atom is 0.488 e. The minimum atomic E-state index is -1.44. The van der Waals surface area contributed by atoms with Crippen LogP contribution in [0.2, 0.25) is 0 Å². The Kier molecular flexibility index (Phi) is 3.24. The van der Waals surface area contributed by atoms with Gasteiger partial charge in [0.15, 0.2) is 5.69 Å². The summed E-state index contributed by atoms with van der Waals surface area (Å²) in [5.41, 5.74) is 3.05. The number of nitrogens with zero attached hydrogens (tertiary/aromatic N) is 1. The van der Waals surface area contributed by atoms with Crippen LogP contribution in [0.5, 0.6) is 0 Å². The third kappa shape index (κ3) is 2.54. The molecule has 0 unspecified atom stereocenters. The van der Waals surface area contributed by atoms with Gasteiger partial charge in [0.2, 0.25) is 0 Å². The van der Waals surface area contributed by atoms with Crippen molar-refractivity contribution in [3.63, 3.8) is 0 Å². The molecule has 2 rings (SSSR count). The van der Waals surface area contributed by atoms with Crippen molar-refractivity contribution in [2.45, 2.75) is 0 Å². The normalized spacial score (nSPS) is 9.71. The third-order valence-electron chi connectivity index (χ3n) is 2.54. The lowest BCUT2D eigenvalue weighted by molar-refractivity contribution is 0.426. The first-order valence-electron chi connectivity index (χ1n) is 5.15. The van der Waals surface area contributed by atoms with Crippen LogP contribution < -0.4 is 5.46 Å². The highest BCUT2D eigenvalue weighted by Gasteiger charge is 2.09. The summed E-state index contributed by atoms with van der Waals surface area (Å²) in [6, 6.07) is 14.2. The fraction of sp³-hybridized carbons (Fsp3) is 0. The quantitative estimate of drug-likeness (QED) is 0.599. The summed E-state index contributed by atoms with van der Waals surface area (Å²) >= 11 is 0. The number of rotatable bonds is 2. The molecule has 0 aliphatic heterocycles. The van der Waals surface area contributed by atoms with Crippen LogP contribution in [0, 0.1) is 6.57 Å². The van der Waals surface area contributed by atoms with E-state index < -0.39 is 7.12 Å². The van der Waals surface area contributed by atoms with Crippen LogP contribution >= 0.6 is 0 Å². The van der Waals surface area contributed by atoms with Crippen LogP contribution in [-0.2, 0) is 0 Å². The molecule has 0 amide bonds. The van der Waals surface area contributed by atoms with Gasteiger partial charge < -0.3 is 10.0 Å². The predicted molar refractivity (Wildman–Crippen MR) is 68.0 cm³/mol. The molecule has 2 aromatic rings. The molecule has 0 aliphatic carbocycles. The Bertz CT molecular complexity index is 541. The van der Waals surface area contributed by atoms with Crippen LogP contribution in [-0.4, -0.2) is 17.2 Å². The second-order valence-electron chi connectivity index (χ2n) is 3.65. The number of hydrogen-bond acceptors (Lipinski definition) is 2. The highest BCUT2D eigenvalue weighted by Crippen LogP contribution is 2.21. The van der Waals surface area contributed by atoms with Gasteiger partial charge in [0.25, 0.3) is 0 Å². The molecule has 0 fully saturated rings. The van der Waals surface area contributed by atoms with Crippen molar-refractivity contribution in [1.82, 2.24) is 0 Å². The Morgan fingerprint density at radius 1 is 0.824 bits per heavy atom. The van der Waals surface area contributed by atoms with Crippen LogP contribution in [0.15, 0.2) is 48.5 Å². The fourth-order valence-corrected chi connectivity index (χ4v) is 1.58. The monoisotopic (exact) mass is 223 g/mol. The van der Waals surface area contributed by atoms with Gasteiger partial charge in [-0.15, -0.1) is 0 Å². The average molecular weight is 223 g/mol. The first-order chi connectivity index (χ1) is 8.20. The smallest absolute Gasteiger partial charge is 0.423 e. The zero-order chi connectivity index (χ0) is 12.3. The first kappa shape index (κ1) is 11.4. The molecule has 0 radical (unpaired) electrons. The van der Waals surface area contributed by atoms with E-state index in [9.17, 15) is 0 Å². The second-order valence-corrected chi connectivity index (χ2v) is 3.65. The van der Waals surface area contributed by atoms with Crippen LogP contribution in [0.1, 0.15) is 0 Å². The summed E-state index contributed by atoms with van der Waals surface area (Å²) in [4.78, 5) is 3.33. The van der Waals surface area contributed by atoms with E-state index in [2.05, 4.69) is 4.85 Å². The lowest BCUT2D eigenvalue weighted by Crippen LogP contribution is -2.29. The van der Waals surface area contributed by atoms with Crippen molar-refractivity contribution in [3.8, 4) is 11.1 Å². The van der Waals surface area contributed by atoms with Gasteiger partial charge in [-0.25, -0.2) is 4.85 Å². The van der Waals surface area contributed by atoms with Crippen molar-refractivity contribution in [2.75, 3.05) is 0 Å². The summed E-state index contributed by atoms with van der Waals surface area (Å²) < 4.78 is 0. The minimum absolute atomic E-state index is 0.464. The van der Waals surface area contributed by atoms with Gasteiger partial charge in [-0.3, -0.25) is 0 Å². The molecule has 17 heavy (non-hydrogen) atoms. The Morgan fingerprint density at radius 3 is 1.71 bits per heavy atom. The average Bonchev–Trinajstić information content (AvgIpc) is 2.39. The largest absolute Gasteiger partial charge is 0.488 e. The minimum Gasteiger partial charge on any atom is -0.423 e. The molecule has 0 aromatic heterocycles. The van der Waals surface area contributed by atoms with E-state index >= 15 is 0 Å². The summed E-state index contributed by atoms with van der Waals surface area (Å²) in [6.07, 6.45) is 0. The highest BCUT2D eigenvalue weighted by atomic mass is 16.4. The van der Waals surface area contributed by atoms with Gasteiger partial charge >= 0.3 is 7.12 Å². The van der Waals surface area contributed by atoms with E-state index in [4.69, 9.17) is 16.6 Å². The summed E-state index contributed by atoms with van der Waals surface area (Å²) in [5.74, 6) is 0. The van der Waals surface area contributed by atoms with Crippen molar-refractivity contribution in [1.29, 1.82) is 0 Å². The van der Waals surface area contributed by atoms with E-state index in [1.807, 2.05) is 24.3 Å². The Morgan fingerprint density at radius 2 is 1.29 bits per heavy atom. The molecule has 3 nitrogen and oxygen atoms in total. The molecule has 0 saturated heterocycles. The van der Waals surface area contributed by atoms with Crippen LogP contribution in [0.4, 0.5) is 5.69 Å². The molecular weight excluding hydrogens is 213 g/mol. The lowest BCUT2D eigenvalue weighted by Gasteiger charge is -2.04. The molecule has 2 N–H and O–H groups in total. The molecule has 0 aliphatic rings. The Hall–Kier alpha value is -2.09. The molecule has 0 heterocycles. The van der Waals surface area contributed by atoms with E-state index in [-0.39, 0.29) is 0 Å². The van der Waals surface area contributed by atoms with E-state index in [0.717, 1.165) is 11.1 Å². The predicted octanol–water partition coefficient (Wildman–Crippen LogP) is 1.58. The van der Waals surface area contributed by atoms with Crippen LogP contribution in [0.25, 0.3) is 16.0 Å². The van der Waals surface area contributed by atoms with E-state index in [0.29, 0.717) is 11.2 Å². The molecular formula is C13H10BNO2. The molecule has 82 valence electrons. The molecule has 2 aromatic carbocycles. The van der Waals surface area contributed by atoms with Gasteiger partial charge in [-0.2, -0.15) is 0 Å².